The first-order chi connectivity index (χ1) is 6.34. The average molecular weight is 199 g/mol. The van der Waals surface area contributed by atoms with Gasteiger partial charge >= 0.3 is 0 Å². The van der Waals surface area contributed by atoms with Gasteiger partial charge in [-0.15, -0.1) is 0 Å². The van der Waals surface area contributed by atoms with Crippen LogP contribution < -0.4 is 5.73 Å². The van der Waals surface area contributed by atoms with Crippen molar-refractivity contribution in [3.8, 4) is 0 Å². The van der Waals surface area contributed by atoms with E-state index in [1.54, 1.807) is 0 Å². The Morgan fingerprint density at radius 1 is 1.50 bits per heavy atom. The van der Waals surface area contributed by atoms with E-state index in [-0.39, 0.29) is 18.1 Å². The quantitative estimate of drug-likeness (QED) is 0.731. The van der Waals surface area contributed by atoms with Crippen molar-refractivity contribution in [3.63, 3.8) is 0 Å². The van der Waals surface area contributed by atoms with Gasteiger partial charge in [0.15, 0.2) is 0 Å². The second-order valence-corrected chi connectivity index (χ2v) is 5.94. The topological polar surface area (TPSA) is 46.2 Å². The minimum Gasteiger partial charge on any atom is -0.396 e. The monoisotopic (exact) mass is 199 g/mol. The van der Waals surface area contributed by atoms with Gasteiger partial charge in [-0.25, -0.2) is 0 Å². The lowest BCUT2D eigenvalue weighted by Crippen LogP contribution is -2.42. The number of aliphatic hydroxyl groups is 1. The fraction of sp³-hybridized carbons (Fsp3) is 1.00. The molecule has 84 valence electrons. The first kappa shape index (κ1) is 12.0. The molecule has 0 aromatic carbocycles. The summed E-state index contributed by atoms with van der Waals surface area (Å²) in [7, 11) is 0. The third-order valence-electron chi connectivity index (χ3n) is 4.13. The highest BCUT2D eigenvalue weighted by molar-refractivity contribution is 5.01. The van der Waals surface area contributed by atoms with Gasteiger partial charge < -0.3 is 10.8 Å². The van der Waals surface area contributed by atoms with E-state index < -0.39 is 0 Å². The molecule has 0 heterocycles. The Balaban J connectivity index is 2.88. The van der Waals surface area contributed by atoms with Gasteiger partial charge in [0, 0.05) is 12.6 Å². The predicted octanol–water partition coefficient (Wildman–Crippen LogP) is 2.16. The largest absolute Gasteiger partial charge is 0.396 e. The highest BCUT2D eigenvalue weighted by Crippen LogP contribution is 2.55. The molecular formula is C12H25NO. The number of rotatable bonds is 3. The molecule has 0 spiro atoms. The number of hydrogen-bond donors (Lipinski definition) is 2. The fourth-order valence-electron chi connectivity index (χ4n) is 3.55. The first-order valence-corrected chi connectivity index (χ1v) is 5.70. The van der Waals surface area contributed by atoms with E-state index in [1.165, 1.54) is 6.42 Å². The van der Waals surface area contributed by atoms with Gasteiger partial charge in [-0.3, -0.25) is 0 Å². The van der Waals surface area contributed by atoms with Gasteiger partial charge in [-0.2, -0.15) is 0 Å². The normalized spacial score (nSPS) is 38.6. The van der Waals surface area contributed by atoms with E-state index in [0.717, 1.165) is 12.8 Å². The van der Waals surface area contributed by atoms with Crippen LogP contribution in [-0.2, 0) is 0 Å². The zero-order valence-electron chi connectivity index (χ0n) is 10.0. The summed E-state index contributed by atoms with van der Waals surface area (Å²) < 4.78 is 0. The van der Waals surface area contributed by atoms with Crippen molar-refractivity contribution in [1.82, 2.24) is 0 Å². The van der Waals surface area contributed by atoms with Crippen molar-refractivity contribution >= 4 is 0 Å². The van der Waals surface area contributed by atoms with Gasteiger partial charge in [-0.05, 0) is 42.9 Å². The Kier molecular flexibility index (Phi) is 3.27. The fourth-order valence-corrected chi connectivity index (χ4v) is 3.55. The van der Waals surface area contributed by atoms with Gasteiger partial charge in [0.1, 0.15) is 0 Å². The van der Waals surface area contributed by atoms with Gasteiger partial charge in [0.25, 0.3) is 0 Å². The van der Waals surface area contributed by atoms with Crippen LogP contribution in [0.25, 0.3) is 0 Å². The summed E-state index contributed by atoms with van der Waals surface area (Å²) in [6.07, 6.45) is 3.24. The standard InChI is InChI=1S/C12H25NO/c1-9-7-11(3,4)8-12(9,5-6-14)10(2)13/h9-10,14H,5-8,13H2,1-4H3. The van der Waals surface area contributed by atoms with Crippen molar-refractivity contribution in [3.05, 3.63) is 0 Å². The van der Waals surface area contributed by atoms with Crippen LogP contribution in [0.2, 0.25) is 0 Å². The number of nitrogens with two attached hydrogens (primary N) is 1. The lowest BCUT2D eigenvalue weighted by molar-refractivity contribution is 0.109. The molecule has 3 atom stereocenters. The van der Waals surface area contributed by atoms with Crippen molar-refractivity contribution in [2.75, 3.05) is 6.61 Å². The van der Waals surface area contributed by atoms with E-state index in [1.807, 2.05) is 0 Å². The molecule has 1 rings (SSSR count). The highest BCUT2D eigenvalue weighted by Gasteiger charge is 2.49. The first-order valence-electron chi connectivity index (χ1n) is 5.70. The highest BCUT2D eigenvalue weighted by atomic mass is 16.3. The Morgan fingerprint density at radius 3 is 2.36 bits per heavy atom. The maximum absolute atomic E-state index is 9.17. The molecule has 1 fully saturated rings. The molecule has 2 heteroatoms. The SMILES string of the molecule is CC(N)C1(CCO)CC(C)(C)CC1C. The summed E-state index contributed by atoms with van der Waals surface area (Å²) >= 11 is 0. The molecule has 0 saturated heterocycles. The molecule has 14 heavy (non-hydrogen) atoms. The summed E-state index contributed by atoms with van der Waals surface area (Å²) in [5.74, 6) is 0.629. The molecule has 1 aliphatic rings. The van der Waals surface area contributed by atoms with Gasteiger partial charge in [0.2, 0.25) is 0 Å². The van der Waals surface area contributed by atoms with Crippen molar-refractivity contribution in [2.45, 2.75) is 53.0 Å². The zero-order valence-corrected chi connectivity index (χ0v) is 10.0. The lowest BCUT2D eigenvalue weighted by atomic mass is 9.70. The molecule has 0 aromatic rings. The van der Waals surface area contributed by atoms with E-state index in [2.05, 4.69) is 27.7 Å². The molecule has 0 aliphatic heterocycles. The minimum atomic E-state index is 0.165. The zero-order chi connectivity index (χ0) is 11.0. The molecule has 1 saturated carbocycles. The van der Waals surface area contributed by atoms with Crippen LogP contribution in [0.3, 0.4) is 0 Å². The van der Waals surface area contributed by atoms with Crippen LogP contribution in [-0.4, -0.2) is 17.8 Å². The van der Waals surface area contributed by atoms with Crippen LogP contribution in [0.4, 0.5) is 0 Å². The van der Waals surface area contributed by atoms with Crippen molar-refractivity contribution < 1.29 is 5.11 Å². The molecule has 1 aliphatic carbocycles. The summed E-state index contributed by atoms with van der Waals surface area (Å²) in [6, 6.07) is 0.187. The minimum absolute atomic E-state index is 0.165. The van der Waals surface area contributed by atoms with Crippen LogP contribution in [0, 0.1) is 16.7 Å². The third-order valence-corrected chi connectivity index (χ3v) is 4.13. The number of hydrogen-bond acceptors (Lipinski definition) is 2. The Morgan fingerprint density at radius 2 is 2.07 bits per heavy atom. The summed E-state index contributed by atoms with van der Waals surface area (Å²) in [6.45, 7) is 9.26. The average Bonchev–Trinajstić information content (AvgIpc) is 2.23. The van der Waals surface area contributed by atoms with E-state index in [0.29, 0.717) is 11.3 Å². The molecule has 0 amide bonds. The summed E-state index contributed by atoms with van der Waals surface area (Å²) in [4.78, 5) is 0. The second kappa shape index (κ2) is 3.82. The Bertz CT molecular complexity index is 200. The van der Waals surface area contributed by atoms with Crippen LogP contribution in [0.5, 0.6) is 0 Å². The number of aliphatic hydroxyl groups excluding tert-OH is 1. The van der Waals surface area contributed by atoms with Crippen LogP contribution >= 0.6 is 0 Å². The molecule has 3 N–H and O–H groups in total. The molecule has 2 nitrogen and oxygen atoms in total. The van der Waals surface area contributed by atoms with E-state index in [4.69, 9.17) is 5.73 Å². The molecular weight excluding hydrogens is 174 g/mol. The maximum Gasteiger partial charge on any atom is 0.0437 e. The molecule has 0 bridgehead atoms. The van der Waals surface area contributed by atoms with Gasteiger partial charge in [0.05, 0.1) is 0 Å². The third kappa shape index (κ3) is 1.96. The Labute approximate surface area is 87.9 Å². The van der Waals surface area contributed by atoms with Gasteiger partial charge in [-0.1, -0.05) is 20.8 Å². The van der Waals surface area contributed by atoms with Crippen LogP contribution in [0.15, 0.2) is 0 Å². The summed E-state index contributed by atoms with van der Waals surface area (Å²) in [5, 5.41) is 9.17. The smallest absolute Gasteiger partial charge is 0.0437 e. The van der Waals surface area contributed by atoms with Crippen LogP contribution in [0.1, 0.15) is 47.0 Å². The summed E-state index contributed by atoms with van der Waals surface area (Å²) in [5.41, 5.74) is 6.68. The van der Waals surface area contributed by atoms with Crippen molar-refractivity contribution in [2.24, 2.45) is 22.5 Å². The lowest BCUT2D eigenvalue weighted by Gasteiger charge is -2.38. The second-order valence-electron chi connectivity index (χ2n) is 5.94. The predicted molar refractivity (Wildman–Crippen MR) is 60.0 cm³/mol. The maximum atomic E-state index is 9.17. The molecule has 0 aromatic heterocycles. The molecule has 3 unspecified atom stereocenters. The Hall–Kier alpha value is -0.0800. The van der Waals surface area contributed by atoms with Crippen molar-refractivity contribution in [1.29, 1.82) is 0 Å². The van der Waals surface area contributed by atoms with E-state index in [9.17, 15) is 5.11 Å². The van der Waals surface area contributed by atoms with E-state index >= 15 is 0 Å². The molecule has 0 radical (unpaired) electrons.